The van der Waals surface area contributed by atoms with Crippen molar-refractivity contribution in [2.75, 3.05) is 0 Å². The Morgan fingerprint density at radius 3 is 1.66 bits per heavy atom. The molecule has 0 fully saturated rings. The van der Waals surface area contributed by atoms with E-state index in [-0.39, 0.29) is 31.3 Å². The number of nitriles is 1. The summed E-state index contributed by atoms with van der Waals surface area (Å²) in [5.41, 5.74) is 2.61. The van der Waals surface area contributed by atoms with Crippen molar-refractivity contribution in [1.82, 2.24) is 29.5 Å². The molecule has 0 unspecified atom stereocenters. The molecule has 0 amide bonds. The number of pyridine rings is 2. The Morgan fingerprint density at radius 1 is 0.789 bits per heavy atom. The summed E-state index contributed by atoms with van der Waals surface area (Å²) in [6.45, 7) is 23.8. The van der Waals surface area contributed by atoms with Crippen LogP contribution < -0.4 is 0 Å². The van der Waals surface area contributed by atoms with E-state index >= 15 is 0 Å². The number of hydrogen-bond acceptors (Lipinski definition) is 5. The molecule has 4 aromatic rings. The fraction of sp³-hybridized carbons (Fsp3) is 0.379. The maximum absolute atomic E-state index is 9.58. The van der Waals surface area contributed by atoms with Gasteiger partial charge >= 0.3 is 20.4 Å². The van der Waals surface area contributed by atoms with Crippen molar-refractivity contribution >= 4 is 5.69 Å². The van der Waals surface area contributed by atoms with Crippen LogP contribution in [0.4, 0.5) is 5.69 Å². The van der Waals surface area contributed by atoms with Crippen LogP contribution in [-0.4, -0.2) is 29.5 Å². The van der Waals surface area contributed by atoms with Crippen LogP contribution in [0.15, 0.2) is 36.4 Å². The minimum atomic E-state index is -0.563. The van der Waals surface area contributed by atoms with Gasteiger partial charge in [-0.05, 0) is 60.3 Å². The Balaban J connectivity index is 0.00000400. The van der Waals surface area contributed by atoms with Crippen molar-refractivity contribution in [3.8, 4) is 17.7 Å². The third-order valence-corrected chi connectivity index (χ3v) is 6.12. The molecule has 4 rings (SSSR count). The topological polar surface area (TPSA) is 89.6 Å². The van der Waals surface area contributed by atoms with Gasteiger partial charge in [0, 0.05) is 22.5 Å². The summed E-state index contributed by atoms with van der Waals surface area (Å²) < 4.78 is 3.09. The summed E-state index contributed by atoms with van der Waals surface area (Å²) in [5, 5.41) is 18.9. The molecule has 0 saturated heterocycles. The number of hydrogen-bond donors (Lipinski definition) is 0. The molecule has 0 radical (unpaired) electrons. The van der Waals surface area contributed by atoms with Crippen molar-refractivity contribution in [3.05, 3.63) is 88.5 Å². The number of nitrogens with zero attached hydrogens (tertiary/aromatic N) is 8. The predicted octanol–water partition coefficient (Wildman–Crippen LogP) is 5.79. The fourth-order valence-corrected chi connectivity index (χ4v) is 3.97. The first-order valence-corrected chi connectivity index (χ1v) is 12.0. The molecule has 38 heavy (non-hydrogen) atoms. The molecule has 0 aliphatic rings. The first kappa shape index (κ1) is 28.9. The molecule has 196 valence electrons. The van der Waals surface area contributed by atoms with E-state index in [4.69, 9.17) is 16.5 Å². The van der Waals surface area contributed by atoms with Gasteiger partial charge in [-0.3, -0.25) is 25.2 Å². The smallest absolute Gasteiger partial charge is 0.356 e. The van der Waals surface area contributed by atoms with Crippen molar-refractivity contribution in [2.45, 2.75) is 71.6 Å². The van der Waals surface area contributed by atoms with Gasteiger partial charge < -0.3 is 9.36 Å². The summed E-state index contributed by atoms with van der Waals surface area (Å²) >= 11 is 0. The third-order valence-electron chi connectivity index (χ3n) is 6.12. The van der Waals surface area contributed by atoms with E-state index in [9.17, 15) is 5.26 Å². The Hall–Kier alpha value is -3.64. The molecule has 0 N–H and O–H groups in total. The van der Waals surface area contributed by atoms with Gasteiger partial charge in [0.25, 0.3) is 0 Å². The van der Waals surface area contributed by atoms with E-state index < -0.39 is 5.41 Å². The normalized spacial score (nSPS) is 11.9. The quantitative estimate of drug-likeness (QED) is 0.220. The molecule has 8 nitrogen and oxygen atoms in total. The predicted molar refractivity (Wildman–Crippen MR) is 141 cm³/mol. The second kappa shape index (κ2) is 10.3. The van der Waals surface area contributed by atoms with Gasteiger partial charge in [0.2, 0.25) is 0 Å². The zero-order chi connectivity index (χ0) is 27.2. The van der Waals surface area contributed by atoms with Gasteiger partial charge in [-0.15, -0.1) is 0 Å². The summed E-state index contributed by atoms with van der Waals surface area (Å²) in [6.07, 6.45) is 6.11. The molecule has 9 heteroatoms. The second-order valence-corrected chi connectivity index (χ2v) is 11.6. The monoisotopic (exact) mass is 596 g/mol. The van der Waals surface area contributed by atoms with E-state index in [2.05, 4.69) is 47.4 Å². The molecule has 0 bridgehead atoms. The minimum absolute atomic E-state index is 0. The molecule has 0 saturated carbocycles. The molecule has 0 atom stereocenters. The van der Waals surface area contributed by atoms with E-state index in [1.165, 1.54) is 0 Å². The summed E-state index contributed by atoms with van der Waals surface area (Å²) in [5.74, 6) is 1.15. The summed E-state index contributed by atoms with van der Waals surface area (Å²) in [6, 6.07) is 13.6. The van der Waals surface area contributed by atoms with Crippen LogP contribution in [0, 0.1) is 30.3 Å². The molecule has 0 aliphatic carbocycles. The van der Waals surface area contributed by atoms with Gasteiger partial charge in [-0.1, -0.05) is 72.0 Å². The zero-order valence-corrected chi connectivity index (χ0v) is 24.4. The largest absolute Gasteiger partial charge is 2.00 e. The van der Waals surface area contributed by atoms with Gasteiger partial charge in [-0.25, -0.2) is 5.10 Å². The summed E-state index contributed by atoms with van der Waals surface area (Å²) in [4.78, 5) is 13.4. The van der Waals surface area contributed by atoms with Crippen molar-refractivity contribution in [3.63, 3.8) is 0 Å². The molecule has 0 aliphatic heterocycles. The van der Waals surface area contributed by atoms with Gasteiger partial charge in [-0.2, -0.15) is 0 Å². The van der Waals surface area contributed by atoms with Gasteiger partial charge in [0.15, 0.2) is 0 Å². The molecule has 0 spiro atoms. The maximum Gasteiger partial charge on any atom is 2.00 e. The van der Waals surface area contributed by atoms with Crippen LogP contribution in [0.2, 0.25) is 0 Å². The van der Waals surface area contributed by atoms with E-state index in [0.29, 0.717) is 34.3 Å². The zero-order valence-electron chi connectivity index (χ0n) is 22.9. The van der Waals surface area contributed by atoms with Crippen LogP contribution in [0.5, 0.6) is 0 Å². The van der Waals surface area contributed by atoms with E-state index in [1.807, 2.05) is 77.9 Å². The van der Waals surface area contributed by atoms with E-state index in [1.54, 1.807) is 9.36 Å². The standard InChI is InChI=1S/C29H30N8.Pd/c1-27(2,3)25-19(16-30)17-36(34-25)23-14-10-12-21(32-23)29(7,8)22-13-11-15-24(33-22)37-18-20(31-9)26(35-37)28(4,5)6;/h10-15H,1-8H3;/q-2;+2. The maximum atomic E-state index is 9.58. The Kier molecular flexibility index (Phi) is 7.81. The van der Waals surface area contributed by atoms with Crippen LogP contribution in [0.3, 0.4) is 0 Å². The SMILES string of the molecule is [C-]#[N+]c1[c-]n(-c2cccc(C(C)(C)c3cccc(-n4[c-]c(C#N)c(C(C)(C)C)n4)n3)n2)nc1C(C)(C)C.[Pd+2]. The Morgan fingerprint density at radius 2 is 1.26 bits per heavy atom. The van der Waals surface area contributed by atoms with Crippen molar-refractivity contribution in [2.24, 2.45) is 0 Å². The van der Waals surface area contributed by atoms with Crippen LogP contribution in [-0.2, 0) is 36.7 Å². The molecular weight excluding hydrogens is 567 g/mol. The van der Waals surface area contributed by atoms with Crippen molar-refractivity contribution in [1.29, 1.82) is 5.26 Å². The van der Waals surface area contributed by atoms with Crippen molar-refractivity contribution < 1.29 is 20.4 Å². The van der Waals surface area contributed by atoms with Gasteiger partial charge in [0.05, 0.1) is 18.2 Å². The first-order chi connectivity index (χ1) is 17.3. The Bertz CT molecular complexity index is 1430. The third kappa shape index (κ3) is 5.46. The van der Waals surface area contributed by atoms with Gasteiger partial charge in [0.1, 0.15) is 5.69 Å². The van der Waals surface area contributed by atoms with Crippen LogP contribution in [0.1, 0.15) is 83.7 Å². The first-order valence-electron chi connectivity index (χ1n) is 12.0. The molecule has 4 aromatic heterocycles. The second-order valence-electron chi connectivity index (χ2n) is 11.6. The average molecular weight is 597 g/mol. The van der Waals surface area contributed by atoms with E-state index in [0.717, 1.165) is 11.4 Å². The average Bonchev–Trinajstić information content (AvgIpc) is 3.49. The number of aromatic nitrogens is 6. The van der Waals surface area contributed by atoms with Crippen LogP contribution >= 0.6 is 0 Å². The molecular formula is C29H30N8Pd. The number of rotatable bonds is 4. The Labute approximate surface area is 238 Å². The molecule has 4 heterocycles. The van der Waals surface area contributed by atoms with Crippen LogP contribution in [0.25, 0.3) is 16.5 Å². The minimum Gasteiger partial charge on any atom is -0.356 e. The summed E-state index contributed by atoms with van der Waals surface area (Å²) in [7, 11) is 0. The fourth-order valence-electron chi connectivity index (χ4n) is 3.97. The molecule has 0 aromatic carbocycles.